The van der Waals surface area contributed by atoms with Gasteiger partial charge in [0.15, 0.2) is 0 Å². The molecule has 7 rings (SSSR count). The fraction of sp³-hybridized carbons (Fsp3) is 0.417. The maximum atomic E-state index is 14.2. The second kappa shape index (κ2) is 11.3. The molecule has 2 aliphatic carbocycles. The fourth-order valence-corrected chi connectivity index (χ4v) is 7.83. The molecule has 0 radical (unpaired) electrons. The Morgan fingerprint density at radius 2 is 1.77 bits per heavy atom. The molecule has 0 atom stereocenters. The lowest BCUT2D eigenvalue weighted by Gasteiger charge is -2.22. The molecule has 1 saturated carbocycles. The molecule has 1 aromatic carbocycles. The predicted molar refractivity (Wildman–Crippen MR) is 175 cm³/mol. The van der Waals surface area contributed by atoms with Crippen molar-refractivity contribution in [1.29, 1.82) is 0 Å². The van der Waals surface area contributed by atoms with Gasteiger partial charge in [0.1, 0.15) is 5.52 Å². The van der Waals surface area contributed by atoms with Crippen LogP contribution >= 0.6 is 0 Å². The molecule has 0 unspecified atom stereocenters. The van der Waals surface area contributed by atoms with E-state index in [2.05, 4.69) is 39.0 Å². The predicted octanol–water partition coefficient (Wildman–Crippen LogP) is 6.18. The van der Waals surface area contributed by atoms with Gasteiger partial charge in [-0.05, 0) is 98.7 Å². The summed E-state index contributed by atoms with van der Waals surface area (Å²) in [4.78, 5) is 46.2. The second-order valence-electron chi connectivity index (χ2n) is 13.0. The molecule has 44 heavy (non-hydrogen) atoms. The van der Waals surface area contributed by atoms with Gasteiger partial charge in [0.05, 0.1) is 0 Å². The molecule has 8 nitrogen and oxygen atoms in total. The molecular formula is C36H41N5O3. The molecule has 0 aliphatic heterocycles. The number of benzene rings is 1. The largest absolute Gasteiger partial charge is 0.357 e. The first-order valence-electron chi connectivity index (χ1n) is 16.1. The highest BCUT2D eigenvalue weighted by Gasteiger charge is 2.23. The zero-order valence-electron chi connectivity index (χ0n) is 25.9. The van der Waals surface area contributed by atoms with Crippen LogP contribution < -0.4 is 16.4 Å². The summed E-state index contributed by atoms with van der Waals surface area (Å²) in [5, 5.41) is 4.91. The van der Waals surface area contributed by atoms with E-state index in [1.54, 1.807) is 17.8 Å². The minimum Gasteiger partial charge on any atom is -0.357 e. The van der Waals surface area contributed by atoms with Gasteiger partial charge < -0.3 is 24.4 Å². The molecular weight excluding hydrogens is 550 g/mol. The molecule has 0 saturated heterocycles. The second-order valence-corrected chi connectivity index (χ2v) is 13.0. The van der Waals surface area contributed by atoms with Crippen LogP contribution in [0.15, 0.2) is 46.4 Å². The van der Waals surface area contributed by atoms with Gasteiger partial charge in [-0.15, -0.1) is 0 Å². The Morgan fingerprint density at radius 3 is 2.57 bits per heavy atom. The summed E-state index contributed by atoms with van der Waals surface area (Å²) in [7, 11) is 1.76. The van der Waals surface area contributed by atoms with Crippen molar-refractivity contribution in [3.63, 3.8) is 0 Å². The maximum Gasteiger partial charge on any atom is 0.274 e. The smallest absolute Gasteiger partial charge is 0.274 e. The normalized spacial score (nSPS) is 15.6. The van der Waals surface area contributed by atoms with E-state index < -0.39 is 0 Å². The van der Waals surface area contributed by atoms with Crippen molar-refractivity contribution >= 4 is 27.7 Å². The number of amides is 1. The number of H-pyrrole nitrogens is 2. The summed E-state index contributed by atoms with van der Waals surface area (Å²) in [5.41, 5.74) is 8.75. The van der Waals surface area contributed by atoms with E-state index in [0.29, 0.717) is 22.6 Å². The quantitative estimate of drug-likeness (QED) is 0.220. The van der Waals surface area contributed by atoms with Gasteiger partial charge >= 0.3 is 0 Å². The van der Waals surface area contributed by atoms with E-state index in [1.165, 1.54) is 37.7 Å². The highest BCUT2D eigenvalue weighted by atomic mass is 16.2. The number of nitrogens with one attached hydrogen (secondary N) is 3. The summed E-state index contributed by atoms with van der Waals surface area (Å²) in [6.07, 6.45) is 16.1. The van der Waals surface area contributed by atoms with Gasteiger partial charge in [-0.25, -0.2) is 0 Å². The number of carbonyl (C=O) groups excluding carboxylic acids is 1. The number of hydrogen-bond donors (Lipinski definition) is 3. The zero-order valence-corrected chi connectivity index (χ0v) is 25.9. The number of fused-ring (bicyclic) bond motifs is 3. The Labute approximate surface area is 256 Å². The highest BCUT2D eigenvalue weighted by Crippen LogP contribution is 2.35. The zero-order chi connectivity index (χ0) is 30.5. The molecule has 4 heterocycles. The Hall–Kier alpha value is -4.33. The van der Waals surface area contributed by atoms with Gasteiger partial charge in [0.25, 0.3) is 17.0 Å². The summed E-state index contributed by atoms with van der Waals surface area (Å²) >= 11 is 0. The lowest BCUT2D eigenvalue weighted by atomic mass is 9.88. The van der Waals surface area contributed by atoms with Crippen LogP contribution in [0.5, 0.6) is 0 Å². The van der Waals surface area contributed by atoms with Crippen molar-refractivity contribution in [2.24, 2.45) is 13.0 Å². The van der Waals surface area contributed by atoms with Gasteiger partial charge in [-0.3, -0.25) is 14.4 Å². The third-order valence-electron chi connectivity index (χ3n) is 10.1. The molecule has 8 heteroatoms. The van der Waals surface area contributed by atoms with Crippen molar-refractivity contribution in [1.82, 2.24) is 24.4 Å². The Kier molecular flexibility index (Phi) is 7.31. The SMILES string of the molecule is Cc1[nH]c(=O)c(CNC(=O)c2cc(-c3cn(C)c(=O)c4[nH]ccc34)cc3c2c(C)cn3CC2CCCCC2)c2c1CCCC2. The van der Waals surface area contributed by atoms with Crippen LogP contribution in [0, 0.1) is 19.8 Å². The van der Waals surface area contributed by atoms with Crippen molar-refractivity contribution in [2.45, 2.75) is 84.7 Å². The molecule has 0 spiro atoms. The number of aromatic nitrogens is 4. The third kappa shape index (κ3) is 4.90. The number of carbonyl (C=O) groups is 1. The van der Waals surface area contributed by atoms with E-state index in [-0.39, 0.29) is 23.6 Å². The standard InChI is InChI=1S/C36H41N5O3/c1-21-18-41(19-23-9-5-4-6-10-23)31-16-24(30-20-40(3)36(44)33-27(30)13-14-37-33)15-28(32(21)31)34(42)38-17-29-26-12-8-7-11-25(26)22(2)39-35(29)43/h13-16,18,20,23,37H,4-12,17,19H2,1-3H3,(H,38,42)(H,39,43). The number of hydrogen-bond acceptors (Lipinski definition) is 3. The fourth-order valence-electron chi connectivity index (χ4n) is 7.83. The maximum absolute atomic E-state index is 14.2. The first kappa shape index (κ1) is 28.4. The van der Waals surface area contributed by atoms with Gasteiger partial charge in [-0.2, -0.15) is 0 Å². The average molecular weight is 592 g/mol. The van der Waals surface area contributed by atoms with E-state index in [1.807, 2.05) is 25.3 Å². The summed E-state index contributed by atoms with van der Waals surface area (Å²) in [6.45, 7) is 5.16. The summed E-state index contributed by atoms with van der Waals surface area (Å²) < 4.78 is 3.93. The molecule has 1 amide bonds. The van der Waals surface area contributed by atoms with Crippen LogP contribution in [0.1, 0.15) is 83.3 Å². The first-order chi connectivity index (χ1) is 21.3. The molecule has 1 fully saturated rings. The third-order valence-corrected chi connectivity index (χ3v) is 10.1. The van der Waals surface area contributed by atoms with Crippen LogP contribution in [-0.4, -0.2) is 25.0 Å². The van der Waals surface area contributed by atoms with E-state index in [4.69, 9.17) is 0 Å². The van der Waals surface area contributed by atoms with E-state index >= 15 is 0 Å². The van der Waals surface area contributed by atoms with Crippen molar-refractivity contribution in [3.8, 4) is 11.1 Å². The van der Waals surface area contributed by atoms with Gasteiger partial charge in [0, 0.05) is 77.4 Å². The van der Waals surface area contributed by atoms with Crippen LogP contribution in [0.3, 0.4) is 0 Å². The lowest BCUT2D eigenvalue weighted by Crippen LogP contribution is -2.30. The molecule has 2 aliphatic rings. The monoisotopic (exact) mass is 591 g/mol. The first-order valence-corrected chi connectivity index (χ1v) is 16.1. The van der Waals surface area contributed by atoms with Gasteiger partial charge in [0.2, 0.25) is 0 Å². The van der Waals surface area contributed by atoms with E-state index in [0.717, 1.165) is 76.5 Å². The van der Waals surface area contributed by atoms with Crippen LogP contribution in [0.4, 0.5) is 0 Å². The Balaban J connectivity index is 1.34. The number of rotatable bonds is 6. The topological polar surface area (TPSA) is 105 Å². The Bertz CT molecular complexity index is 2030. The summed E-state index contributed by atoms with van der Waals surface area (Å²) in [6, 6.07) is 6.06. The number of pyridine rings is 2. The number of nitrogens with zero attached hydrogens (tertiary/aromatic N) is 2. The van der Waals surface area contributed by atoms with Crippen LogP contribution in [-0.2, 0) is 33.0 Å². The number of aromatic amines is 2. The number of aryl methyl sites for hydroxylation is 3. The van der Waals surface area contributed by atoms with Crippen molar-refractivity contribution < 1.29 is 4.79 Å². The minimum absolute atomic E-state index is 0.0871. The molecule has 5 aromatic rings. The Morgan fingerprint density at radius 1 is 1.00 bits per heavy atom. The lowest BCUT2D eigenvalue weighted by molar-refractivity contribution is 0.0952. The van der Waals surface area contributed by atoms with E-state index in [9.17, 15) is 14.4 Å². The summed E-state index contributed by atoms with van der Waals surface area (Å²) in [5.74, 6) is 0.420. The highest BCUT2D eigenvalue weighted by molar-refractivity contribution is 6.10. The van der Waals surface area contributed by atoms with Crippen molar-refractivity contribution in [2.75, 3.05) is 0 Å². The van der Waals surface area contributed by atoms with Gasteiger partial charge in [-0.1, -0.05) is 19.3 Å². The van der Waals surface area contributed by atoms with Crippen molar-refractivity contribution in [3.05, 3.63) is 91.0 Å². The molecule has 3 N–H and O–H groups in total. The molecule has 4 aromatic heterocycles. The van der Waals surface area contributed by atoms with Crippen LogP contribution in [0.25, 0.3) is 32.9 Å². The minimum atomic E-state index is -0.199. The molecule has 228 valence electrons. The average Bonchev–Trinajstić information content (AvgIpc) is 3.64. The molecule has 0 bridgehead atoms. The van der Waals surface area contributed by atoms with Crippen LogP contribution in [0.2, 0.25) is 0 Å².